The molecule has 2 aromatic heterocycles. The number of benzene rings is 1. The first-order valence-corrected chi connectivity index (χ1v) is 11.4. The Kier molecular flexibility index (Phi) is 5.88. The molecule has 1 saturated heterocycles. The van der Waals surface area contributed by atoms with Gasteiger partial charge in [-0.3, -0.25) is 9.59 Å². The number of aliphatic carboxylic acids is 1. The number of aromatic nitrogens is 2. The quantitative estimate of drug-likeness (QED) is 0.521. The Bertz CT molecular complexity index is 1210. The molecule has 0 unspecified atom stereocenters. The number of aryl methyl sites for hydroxylation is 1. The largest absolute Gasteiger partial charge is 0.481 e. The molecule has 2 atom stereocenters. The summed E-state index contributed by atoms with van der Waals surface area (Å²) in [4.78, 5) is 35.1. The maximum atomic E-state index is 13.1. The highest BCUT2D eigenvalue weighted by molar-refractivity contribution is 5.90. The molecule has 1 fully saturated rings. The van der Waals surface area contributed by atoms with Crippen LogP contribution in [0.2, 0.25) is 0 Å². The van der Waals surface area contributed by atoms with Gasteiger partial charge in [0.15, 0.2) is 0 Å². The van der Waals surface area contributed by atoms with Crippen LogP contribution in [0.4, 0.5) is 5.82 Å². The van der Waals surface area contributed by atoms with E-state index in [4.69, 9.17) is 9.72 Å². The number of likely N-dealkylation sites (tertiary alicyclic amines) is 1. The lowest BCUT2D eigenvalue weighted by atomic mass is 9.86. The molecule has 3 aromatic rings. The number of pyridine rings is 2. The van der Waals surface area contributed by atoms with E-state index in [1.807, 2.05) is 30.3 Å². The fourth-order valence-electron chi connectivity index (χ4n) is 4.64. The first kappa shape index (κ1) is 21.9. The van der Waals surface area contributed by atoms with E-state index in [-0.39, 0.29) is 18.2 Å². The van der Waals surface area contributed by atoms with Gasteiger partial charge in [0, 0.05) is 30.9 Å². The SMILES string of the molecule is COc1ccc([C@H](CC(=O)O)N2C[C@H](c3ccc(-c4ccc5c(n4)NCCC5)cc3)C2=O)cn1. The number of carboxylic acids is 1. The van der Waals surface area contributed by atoms with Crippen LogP contribution in [-0.4, -0.2) is 52.1 Å². The maximum absolute atomic E-state index is 13.1. The van der Waals surface area contributed by atoms with Crippen molar-refractivity contribution in [3.63, 3.8) is 0 Å². The van der Waals surface area contributed by atoms with E-state index in [0.717, 1.165) is 42.0 Å². The Hall–Kier alpha value is -3.94. The second kappa shape index (κ2) is 9.13. The molecule has 2 N–H and O–H groups in total. The third-order valence-electron chi connectivity index (χ3n) is 6.56. The molecule has 0 saturated carbocycles. The molecule has 5 rings (SSSR count). The number of hydrogen-bond donors (Lipinski definition) is 2. The van der Waals surface area contributed by atoms with Crippen molar-refractivity contribution in [1.82, 2.24) is 14.9 Å². The second-order valence-electron chi connectivity index (χ2n) is 8.65. The first-order valence-electron chi connectivity index (χ1n) is 11.4. The minimum Gasteiger partial charge on any atom is -0.481 e. The van der Waals surface area contributed by atoms with Gasteiger partial charge < -0.3 is 20.1 Å². The standard InChI is InChI=1S/C26H26N4O4/c1-34-23-11-9-19(14-28-23)22(13-24(31)32)30-15-20(26(30)33)16-4-6-17(7-5-16)21-10-8-18-3-2-12-27-25(18)29-21/h4-11,14,20,22H,2-3,12-13,15H2,1H3,(H,27,29)(H,31,32)/t20-,22+/m1/s1. The van der Waals surface area contributed by atoms with Crippen molar-refractivity contribution in [3.05, 3.63) is 71.4 Å². The summed E-state index contributed by atoms with van der Waals surface area (Å²) in [5.41, 5.74) is 4.74. The number of hydrogen-bond acceptors (Lipinski definition) is 6. The summed E-state index contributed by atoms with van der Waals surface area (Å²) in [5.74, 6) is 0.0687. The fourth-order valence-corrected chi connectivity index (χ4v) is 4.64. The van der Waals surface area contributed by atoms with Crippen LogP contribution >= 0.6 is 0 Å². The van der Waals surface area contributed by atoms with E-state index in [9.17, 15) is 14.7 Å². The van der Waals surface area contributed by atoms with Crippen molar-refractivity contribution in [2.75, 3.05) is 25.5 Å². The molecule has 8 heteroatoms. The molecule has 0 aliphatic carbocycles. The van der Waals surface area contributed by atoms with Crippen LogP contribution in [0.1, 0.15) is 41.5 Å². The van der Waals surface area contributed by atoms with E-state index in [2.05, 4.69) is 16.4 Å². The van der Waals surface area contributed by atoms with Crippen LogP contribution in [0.25, 0.3) is 11.3 Å². The van der Waals surface area contributed by atoms with Crippen molar-refractivity contribution < 1.29 is 19.4 Å². The smallest absolute Gasteiger partial charge is 0.305 e. The average molecular weight is 459 g/mol. The van der Waals surface area contributed by atoms with Gasteiger partial charge in [-0.05, 0) is 35.6 Å². The normalized spacial score (nSPS) is 17.9. The predicted molar refractivity (Wildman–Crippen MR) is 127 cm³/mol. The minimum atomic E-state index is -0.964. The molecule has 0 bridgehead atoms. The van der Waals surface area contributed by atoms with Crippen LogP contribution in [0.5, 0.6) is 5.88 Å². The minimum absolute atomic E-state index is 0.0778. The Balaban J connectivity index is 1.31. The van der Waals surface area contributed by atoms with Gasteiger partial charge >= 0.3 is 5.97 Å². The topological polar surface area (TPSA) is 105 Å². The lowest BCUT2D eigenvalue weighted by molar-refractivity contribution is -0.149. The number of carboxylic acid groups (broad SMARTS) is 1. The average Bonchev–Trinajstić information content (AvgIpc) is 2.87. The lowest BCUT2D eigenvalue weighted by Gasteiger charge is -2.43. The number of carbonyl (C=O) groups excluding carboxylic acids is 1. The summed E-state index contributed by atoms with van der Waals surface area (Å²) < 4.78 is 5.08. The van der Waals surface area contributed by atoms with Crippen molar-refractivity contribution in [1.29, 1.82) is 0 Å². The number of carbonyl (C=O) groups is 2. The summed E-state index contributed by atoms with van der Waals surface area (Å²) in [6, 6.07) is 14.9. The van der Waals surface area contributed by atoms with Crippen LogP contribution in [-0.2, 0) is 16.0 Å². The molecule has 1 amide bonds. The van der Waals surface area contributed by atoms with Crippen LogP contribution in [0, 0.1) is 0 Å². The van der Waals surface area contributed by atoms with E-state index in [1.54, 1.807) is 23.2 Å². The van der Waals surface area contributed by atoms with Gasteiger partial charge in [-0.15, -0.1) is 0 Å². The predicted octanol–water partition coefficient (Wildman–Crippen LogP) is 3.65. The van der Waals surface area contributed by atoms with Gasteiger partial charge in [0.05, 0.1) is 31.2 Å². The molecular formula is C26H26N4O4. The fraction of sp³-hybridized carbons (Fsp3) is 0.308. The van der Waals surface area contributed by atoms with Crippen molar-refractivity contribution in [2.24, 2.45) is 0 Å². The summed E-state index contributed by atoms with van der Waals surface area (Å²) in [6.07, 6.45) is 3.56. The van der Waals surface area contributed by atoms with Gasteiger partial charge in [-0.25, -0.2) is 9.97 Å². The van der Waals surface area contributed by atoms with Crippen LogP contribution < -0.4 is 10.1 Å². The number of amides is 1. The van der Waals surface area contributed by atoms with Crippen LogP contribution in [0.3, 0.4) is 0 Å². The highest BCUT2D eigenvalue weighted by atomic mass is 16.5. The van der Waals surface area contributed by atoms with E-state index < -0.39 is 12.0 Å². The zero-order valence-electron chi connectivity index (χ0n) is 18.9. The second-order valence-corrected chi connectivity index (χ2v) is 8.65. The lowest BCUT2D eigenvalue weighted by Crippen LogP contribution is -2.52. The number of fused-ring (bicyclic) bond motifs is 1. The molecule has 2 aliphatic rings. The number of rotatable bonds is 7. The van der Waals surface area contributed by atoms with Crippen molar-refractivity contribution >= 4 is 17.7 Å². The highest BCUT2D eigenvalue weighted by Gasteiger charge is 2.42. The summed E-state index contributed by atoms with van der Waals surface area (Å²) in [7, 11) is 1.52. The zero-order valence-corrected chi connectivity index (χ0v) is 18.9. The first-order chi connectivity index (χ1) is 16.5. The molecule has 8 nitrogen and oxygen atoms in total. The van der Waals surface area contributed by atoms with Crippen molar-refractivity contribution in [2.45, 2.75) is 31.2 Å². The molecular weight excluding hydrogens is 432 g/mol. The zero-order chi connectivity index (χ0) is 23.7. The highest BCUT2D eigenvalue weighted by Crippen LogP contribution is 2.38. The number of methoxy groups -OCH3 is 1. The van der Waals surface area contributed by atoms with E-state index >= 15 is 0 Å². The Morgan fingerprint density at radius 1 is 1.21 bits per heavy atom. The van der Waals surface area contributed by atoms with E-state index in [1.165, 1.54) is 12.7 Å². The number of anilines is 1. The molecule has 2 aliphatic heterocycles. The Labute approximate surface area is 197 Å². The molecule has 1 aromatic carbocycles. The maximum Gasteiger partial charge on any atom is 0.305 e. The third kappa shape index (κ3) is 4.19. The summed E-state index contributed by atoms with van der Waals surface area (Å²) >= 11 is 0. The molecule has 34 heavy (non-hydrogen) atoms. The van der Waals surface area contributed by atoms with E-state index in [0.29, 0.717) is 18.0 Å². The number of β-lactam (4-membered cyclic amide) rings is 1. The molecule has 0 radical (unpaired) electrons. The molecule has 174 valence electrons. The van der Waals surface area contributed by atoms with Gasteiger partial charge in [-0.2, -0.15) is 0 Å². The summed E-state index contributed by atoms with van der Waals surface area (Å²) in [5, 5.41) is 12.8. The Morgan fingerprint density at radius 3 is 2.71 bits per heavy atom. The Morgan fingerprint density at radius 2 is 2.03 bits per heavy atom. The molecule has 4 heterocycles. The molecule has 0 spiro atoms. The van der Waals surface area contributed by atoms with Gasteiger partial charge in [0.2, 0.25) is 11.8 Å². The van der Waals surface area contributed by atoms with Gasteiger partial charge in [-0.1, -0.05) is 36.4 Å². The number of nitrogens with one attached hydrogen (secondary N) is 1. The van der Waals surface area contributed by atoms with Gasteiger partial charge in [0.25, 0.3) is 0 Å². The monoisotopic (exact) mass is 458 g/mol. The number of ether oxygens (including phenoxy) is 1. The number of nitrogens with zero attached hydrogens (tertiary/aromatic N) is 3. The van der Waals surface area contributed by atoms with Crippen molar-refractivity contribution in [3.8, 4) is 17.1 Å². The third-order valence-corrected chi connectivity index (χ3v) is 6.56. The summed E-state index contributed by atoms with van der Waals surface area (Å²) in [6.45, 7) is 1.40. The van der Waals surface area contributed by atoms with Crippen LogP contribution in [0.15, 0.2) is 54.7 Å². The van der Waals surface area contributed by atoms with Gasteiger partial charge in [0.1, 0.15) is 5.82 Å².